The molecule has 0 aliphatic rings. The van der Waals surface area contributed by atoms with Crippen molar-refractivity contribution in [3.63, 3.8) is 0 Å². The normalized spacial score (nSPS) is 11.3. The van der Waals surface area contributed by atoms with E-state index in [0.29, 0.717) is 0 Å². The van der Waals surface area contributed by atoms with E-state index in [0.717, 1.165) is 12.8 Å². The molecule has 0 aliphatic carbocycles. The van der Waals surface area contributed by atoms with Crippen molar-refractivity contribution in [2.45, 2.75) is 96.8 Å². The lowest BCUT2D eigenvalue weighted by molar-refractivity contribution is -0.136. The van der Waals surface area contributed by atoms with Crippen LogP contribution >= 0.6 is 0 Å². The van der Waals surface area contributed by atoms with Gasteiger partial charge in [0.2, 0.25) is 0 Å². The molecular weight excluding hydrogens is 260 g/mol. The van der Waals surface area contributed by atoms with Crippen LogP contribution in [0.2, 0.25) is 0 Å². The van der Waals surface area contributed by atoms with E-state index in [-0.39, 0.29) is 6.42 Å². The summed E-state index contributed by atoms with van der Waals surface area (Å²) in [6, 6.07) is 0. The van der Waals surface area contributed by atoms with Gasteiger partial charge in [0.15, 0.2) is 0 Å². The van der Waals surface area contributed by atoms with E-state index in [1.807, 2.05) is 0 Å². The number of allylic oxidation sites excluding steroid dienone is 2. The zero-order valence-electron chi connectivity index (χ0n) is 14.0. The molecule has 0 amide bonds. The highest BCUT2D eigenvalue weighted by molar-refractivity contribution is 5.67. The van der Waals surface area contributed by atoms with Crippen LogP contribution in [0, 0.1) is 6.42 Å². The van der Waals surface area contributed by atoms with Gasteiger partial charge in [-0.25, -0.2) is 0 Å². The maximum Gasteiger partial charge on any atom is 0.303 e. The minimum Gasteiger partial charge on any atom is -0.481 e. The van der Waals surface area contributed by atoms with Gasteiger partial charge in [0.1, 0.15) is 0 Å². The fourth-order valence-corrected chi connectivity index (χ4v) is 2.44. The van der Waals surface area contributed by atoms with Crippen LogP contribution in [0.25, 0.3) is 0 Å². The monoisotopic (exact) mass is 295 g/mol. The molecule has 1 N–H and O–H groups in total. The lowest BCUT2D eigenvalue weighted by atomic mass is 10.1. The fourth-order valence-electron chi connectivity index (χ4n) is 2.44. The molecule has 0 unspecified atom stereocenters. The number of carbonyl (C=O) groups is 1. The number of carboxylic acids is 1. The maximum absolute atomic E-state index is 10.3. The van der Waals surface area contributed by atoms with Gasteiger partial charge in [0.05, 0.1) is 0 Å². The van der Waals surface area contributed by atoms with E-state index in [2.05, 4.69) is 19.1 Å². The third-order valence-electron chi connectivity index (χ3n) is 3.76. The van der Waals surface area contributed by atoms with Crippen LogP contribution in [-0.4, -0.2) is 11.1 Å². The first kappa shape index (κ1) is 20.2. The highest BCUT2D eigenvalue weighted by Crippen LogP contribution is 2.12. The Morgan fingerprint density at radius 3 is 1.86 bits per heavy atom. The predicted molar refractivity (Wildman–Crippen MR) is 91.4 cm³/mol. The molecule has 21 heavy (non-hydrogen) atoms. The van der Waals surface area contributed by atoms with Gasteiger partial charge in [-0.1, -0.05) is 83.3 Å². The highest BCUT2D eigenvalue weighted by Gasteiger charge is 1.94. The Hall–Kier alpha value is -0.790. The largest absolute Gasteiger partial charge is 0.481 e. The molecule has 0 bridgehead atoms. The van der Waals surface area contributed by atoms with E-state index in [9.17, 15) is 4.79 Å². The van der Waals surface area contributed by atoms with Crippen molar-refractivity contribution in [2.75, 3.05) is 0 Å². The van der Waals surface area contributed by atoms with E-state index in [1.54, 1.807) is 6.42 Å². The van der Waals surface area contributed by atoms with Crippen LogP contribution in [-0.2, 0) is 4.79 Å². The van der Waals surface area contributed by atoms with Crippen molar-refractivity contribution >= 4 is 5.97 Å². The minimum absolute atomic E-state index is 0.169. The summed E-state index contributed by atoms with van der Waals surface area (Å²) in [4.78, 5) is 10.3. The number of rotatable bonds is 16. The lowest BCUT2D eigenvalue weighted by Gasteiger charge is -2.01. The van der Waals surface area contributed by atoms with Gasteiger partial charge in [-0.05, 0) is 25.7 Å². The summed E-state index contributed by atoms with van der Waals surface area (Å²) < 4.78 is 0. The van der Waals surface area contributed by atoms with Crippen LogP contribution in [0.4, 0.5) is 0 Å². The topological polar surface area (TPSA) is 37.3 Å². The average molecular weight is 295 g/mol. The molecule has 0 spiro atoms. The Kier molecular flexibility index (Phi) is 16.6. The zero-order chi connectivity index (χ0) is 15.6. The van der Waals surface area contributed by atoms with Crippen molar-refractivity contribution in [3.05, 3.63) is 18.6 Å². The average Bonchev–Trinajstić information content (AvgIpc) is 2.46. The first-order valence-corrected chi connectivity index (χ1v) is 8.95. The third kappa shape index (κ3) is 19.2. The second-order valence-electron chi connectivity index (χ2n) is 5.92. The molecule has 0 saturated carbocycles. The van der Waals surface area contributed by atoms with Crippen LogP contribution < -0.4 is 0 Å². The molecule has 2 heteroatoms. The number of hydrogen-bond acceptors (Lipinski definition) is 1. The molecule has 1 radical (unpaired) electrons. The summed E-state index contributed by atoms with van der Waals surface area (Å²) in [5.41, 5.74) is 0. The SMILES string of the molecule is CCCCCCCCCCCCC/C=C/C[CH]CC(=O)O. The molecule has 0 atom stereocenters. The summed E-state index contributed by atoms with van der Waals surface area (Å²) >= 11 is 0. The van der Waals surface area contributed by atoms with E-state index in [1.165, 1.54) is 70.6 Å². The summed E-state index contributed by atoms with van der Waals surface area (Å²) in [6.07, 6.45) is 23.4. The van der Waals surface area contributed by atoms with Crippen LogP contribution in [0.15, 0.2) is 12.2 Å². The Balaban J connectivity index is 3.05. The van der Waals surface area contributed by atoms with E-state index >= 15 is 0 Å². The molecule has 0 saturated heterocycles. The van der Waals surface area contributed by atoms with Gasteiger partial charge >= 0.3 is 5.97 Å². The molecule has 0 fully saturated rings. The quantitative estimate of drug-likeness (QED) is 0.267. The molecular formula is C19H35O2. The molecule has 0 heterocycles. The Labute approximate surface area is 132 Å². The third-order valence-corrected chi connectivity index (χ3v) is 3.76. The fraction of sp³-hybridized carbons (Fsp3) is 0.789. The molecule has 2 nitrogen and oxygen atoms in total. The number of aliphatic carboxylic acids is 1. The molecule has 0 aromatic heterocycles. The van der Waals surface area contributed by atoms with Crippen molar-refractivity contribution < 1.29 is 9.90 Å². The predicted octanol–water partition coefficient (Wildman–Crippen LogP) is 6.31. The van der Waals surface area contributed by atoms with E-state index in [4.69, 9.17) is 5.11 Å². The van der Waals surface area contributed by atoms with Gasteiger partial charge in [-0.3, -0.25) is 4.79 Å². The molecule has 123 valence electrons. The first-order valence-electron chi connectivity index (χ1n) is 8.95. The van der Waals surface area contributed by atoms with Crippen LogP contribution in [0.1, 0.15) is 96.8 Å². The van der Waals surface area contributed by atoms with Gasteiger partial charge < -0.3 is 5.11 Å². The lowest BCUT2D eigenvalue weighted by Crippen LogP contribution is -1.93. The minimum atomic E-state index is -0.742. The van der Waals surface area contributed by atoms with Crippen molar-refractivity contribution in [3.8, 4) is 0 Å². The van der Waals surface area contributed by atoms with Gasteiger partial charge in [0.25, 0.3) is 0 Å². The molecule has 0 aliphatic heterocycles. The molecule has 0 aromatic rings. The van der Waals surface area contributed by atoms with Gasteiger partial charge in [-0.2, -0.15) is 0 Å². The standard InChI is InChI=1S/C19H35O2/c1-2-3-4-5-6-7-8-9-10-11-12-13-14-15-16-17-18-19(20)21/h14-15,17H,2-13,16,18H2,1H3,(H,20,21)/b15-14+. The number of hydrogen-bond donors (Lipinski definition) is 1. The summed E-state index contributed by atoms with van der Waals surface area (Å²) in [5, 5.41) is 8.47. The Morgan fingerprint density at radius 2 is 1.33 bits per heavy atom. The highest BCUT2D eigenvalue weighted by atomic mass is 16.4. The summed E-state index contributed by atoms with van der Waals surface area (Å²) in [5.74, 6) is -0.742. The van der Waals surface area contributed by atoms with Gasteiger partial charge in [-0.15, -0.1) is 0 Å². The van der Waals surface area contributed by atoms with Crippen LogP contribution in [0.5, 0.6) is 0 Å². The van der Waals surface area contributed by atoms with Crippen molar-refractivity contribution in [1.82, 2.24) is 0 Å². The first-order chi connectivity index (χ1) is 10.3. The Bertz CT molecular complexity index is 246. The molecule has 0 rings (SSSR count). The number of unbranched alkanes of at least 4 members (excludes halogenated alkanes) is 12. The second-order valence-corrected chi connectivity index (χ2v) is 5.92. The van der Waals surface area contributed by atoms with Crippen molar-refractivity contribution in [1.29, 1.82) is 0 Å². The summed E-state index contributed by atoms with van der Waals surface area (Å²) in [7, 11) is 0. The molecule has 0 aromatic carbocycles. The Morgan fingerprint density at radius 1 is 0.810 bits per heavy atom. The summed E-state index contributed by atoms with van der Waals surface area (Å²) in [6.45, 7) is 2.27. The maximum atomic E-state index is 10.3. The van der Waals surface area contributed by atoms with E-state index < -0.39 is 5.97 Å². The second kappa shape index (κ2) is 17.3. The zero-order valence-corrected chi connectivity index (χ0v) is 14.0. The number of carboxylic acid groups (broad SMARTS) is 1. The smallest absolute Gasteiger partial charge is 0.303 e. The van der Waals surface area contributed by atoms with Crippen molar-refractivity contribution in [2.24, 2.45) is 0 Å². The van der Waals surface area contributed by atoms with Gasteiger partial charge in [0, 0.05) is 6.42 Å². The van der Waals surface area contributed by atoms with Crippen LogP contribution in [0.3, 0.4) is 0 Å².